The molecule has 2 aliphatic carbocycles. The molecule has 1 aromatic carbocycles. The van der Waals surface area contributed by atoms with Gasteiger partial charge < -0.3 is 19.4 Å². The molecular formula is C20H19ClFN3O3. The van der Waals surface area contributed by atoms with Crippen molar-refractivity contribution in [2.45, 2.75) is 18.6 Å². The smallest absolute Gasteiger partial charge is 0.274 e. The number of carbonyl (C=O) groups is 1. The molecule has 146 valence electrons. The molecule has 1 aromatic heterocycles. The maximum absolute atomic E-state index is 13.4. The Morgan fingerprint density at radius 3 is 2.93 bits per heavy atom. The number of aromatic nitrogens is 2. The molecule has 8 heteroatoms. The minimum absolute atomic E-state index is 0.0417. The highest BCUT2D eigenvalue weighted by molar-refractivity contribution is 6.31. The lowest BCUT2D eigenvalue weighted by Crippen LogP contribution is -2.52. The third-order valence-electron chi connectivity index (χ3n) is 5.84. The molecule has 6 nitrogen and oxygen atoms in total. The van der Waals surface area contributed by atoms with Gasteiger partial charge in [-0.1, -0.05) is 17.7 Å². The van der Waals surface area contributed by atoms with E-state index in [4.69, 9.17) is 21.1 Å². The lowest BCUT2D eigenvalue weighted by atomic mass is 9.70. The molecule has 0 radical (unpaired) electrons. The fourth-order valence-corrected chi connectivity index (χ4v) is 4.69. The second-order valence-corrected chi connectivity index (χ2v) is 7.94. The van der Waals surface area contributed by atoms with E-state index >= 15 is 0 Å². The van der Waals surface area contributed by atoms with E-state index in [2.05, 4.69) is 16.4 Å². The fourth-order valence-electron chi connectivity index (χ4n) is 4.51. The number of hydrogen-bond donors (Lipinski definition) is 1. The monoisotopic (exact) mass is 403 g/mol. The minimum atomic E-state index is -0.530. The zero-order chi connectivity index (χ0) is 19.5. The first-order chi connectivity index (χ1) is 13.5. The number of hydrogen-bond acceptors (Lipinski definition) is 4. The summed E-state index contributed by atoms with van der Waals surface area (Å²) in [5.41, 5.74) is 2.58. The third kappa shape index (κ3) is 2.69. The van der Waals surface area contributed by atoms with Crippen LogP contribution in [-0.4, -0.2) is 34.5 Å². The molecule has 28 heavy (non-hydrogen) atoms. The van der Waals surface area contributed by atoms with Crippen LogP contribution in [-0.2, 0) is 16.5 Å². The van der Waals surface area contributed by atoms with Crippen LogP contribution in [0.15, 0.2) is 30.6 Å². The summed E-state index contributed by atoms with van der Waals surface area (Å²) in [6, 6.07) is 4.08. The van der Waals surface area contributed by atoms with E-state index in [1.165, 1.54) is 18.2 Å². The summed E-state index contributed by atoms with van der Waals surface area (Å²) in [5.74, 6) is -0.659. The molecule has 1 amide bonds. The number of ether oxygens (including phenoxy) is 2. The second kappa shape index (κ2) is 6.40. The van der Waals surface area contributed by atoms with Crippen molar-refractivity contribution in [1.29, 1.82) is 0 Å². The minimum Gasteiger partial charge on any atom is -0.347 e. The maximum atomic E-state index is 13.4. The molecule has 1 saturated carbocycles. The van der Waals surface area contributed by atoms with E-state index in [1.807, 2.05) is 0 Å². The number of imidazole rings is 1. The molecule has 0 bridgehead atoms. The van der Waals surface area contributed by atoms with Crippen molar-refractivity contribution in [1.82, 2.24) is 9.55 Å². The molecular weight excluding hydrogens is 385 g/mol. The zero-order valence-electron chi connectivity index (χ0n) is 15.2. The predicted octanol–water partition coefficient (Wildman–Crippen LogP) is 3.63. The van der Waals surface area contributed by atoms with Crippen LogP contribution in [0.25, 0.3) is 5.57 Å². The number of allylic oxidation sites excluding steroid dienone is 1. The van der Waals surface area contributed by atoms with Crippen LogP contribution in [0.3, 0.4) is 0 Å². The topological polar surface area (TPSA) is 65.4 Å². The Labute approximate surface area is 166 Å². The van der Waals surface area contributed by atoms with Crippen LogP contribution in [0, 0.1) is 17.7 Å². The number of fused-ring (bicyclic) bond motifs is 2. The van der Waals surface area contributed by atoms with E-state index in [0.29, 0.717) is 36.2 Å². The Balaban J connectivity index is 1.41. The summed E-state index contributed by atoms with van der Waals surface area (Å²) in [5, 5.41) is 2.73. The van der Waals surface area contributed by atoms with Gasteiger partial charge in [0.15, 0.2) is 5.79 Å². The Morgan fingerprint density at radius 2 is 2.18 bits per heavy atom. The molecule has 2 atom stereocenters. The highest BCUT2D eigenvalue weighted by atomic mass is 35.5. The normalized spacial score (nSPS) is 24.8. The van der Waals surface area contributed by atoms with Crippen molar-refractivity contribution >= 4 is 28.8 Å². The van der Waals surface area contributed by atoms with Gasteiger partial charge in [-0.05, 0) is 36.1 Å². The van der Waals surface area contributed by atoms with Crippen LogP contribution >= 0.6 is 11.6 Å². The number of aryl methyl sites for hydroxylation is 1. The number of carbonyl (C=O) groups excluding carboxylic acids is 1. The van der Waals surface area contributed by atoms with Crippen LogP contribution in [0.2, 0.25) is 5.02 Å². The summed E-state index contributed by atoms with van der Waals surface area (Å²) in [4.78, 5) is 17.4. The van der Waals surface area contributed by atoms with Gasteiger partial charge in [0.1, 0.15) is 11.5 Å². The van der Waals surface area contributed by atoms with E-state index in [0.717, 1.165) is 18.4 Å². The summed E-state index contributed by atoms with van der Waals surface area (Å²) < 4.78 is 26.7. The summed E-state index contributed by atoms with van der Waals surface area (Å²) >= 11 is 5.81. The van der Waals surface area contributed by atoms with E-state index in [-0.39, 0.29) is 16.8 Å². The SMILES string of the molecule is Cn1cnc(C2=CC3C(C2)CC32OCCO2)c1C(=O)Nc1ccc(F)c(Cl)c1. The van der Waals surface area contributed by atoms with Crippen LogP contribution in [0.5, 0.6) is 0 Å². The van der Waals surface area contributed by atoms with Crippen LogP contribution < -0.4 is 5.32 Å². The van der Waals surface area contributed by atoms with E-state index in [1.54, 1.807) is 17.9 Å². The van der Waals surface area contributed by atoms with Crippen LogP contribution in [0.4, 0.5) is 10.1 Å². The Kier molecular flexibility index (Phi) is 4.08. The lowest BCUT2D eigenvalue weighted by Gasteiger charge is -2.47. The highest BCUT2D eigenvalue weighted by Crippen LogP contribution is 2.57. The highest BCUT2D eigenvalue weighted by Gasteiger charge is 2.59. The molecule has 1 spiro atoms. The van der Waals surface area contributed by atoms with Gasteiger partial charge in [0.25, 0.3) is 5.91 Å². The van der Waals surface area contributed by atoms with E-state index in [9.17, 15) is 9.18 Å². The zero-order valence-corrected chi connectivity index (χ0v) is 16.0. The molecule has 1 N–H and O–H groups in total. The maximum Gasteiger partial charge on any atom is 0.274 e. The number of amides is 1. The molecule has 5 rings (SSSR count). The molecule has 3 aliphatic rings. The van der Waals surface area contributed by atoms with Crippen molar-refractivity contribution in [2.75, 3.05) is 18.5 Å². The lowest BCUT2D eigenvalue weighted by molar-refractivity contribution is -0.257. The van der Waals surface area contributed by atoms with Gasteiger partial charge in [-0.25, -0.2) is 9.37 Å². The van der Waals surface area contributed by atoms with E-state index < -0.39 is 11.6 Å². The van der Waals surface area contributed by atoms with Gasteiger partial charge in [-0.3, -0.25) is 4.79 Å². The summed E-state index contributed by atoms with van der Waals surface area (Å²) in [6.07, 6.45) is 5.49. The second-order valence-electron chi connectivity index (χ2n) is 7.53. The largest absolute Gasteiger partial charge is 0.347 e. The molecule has 2 fully saturated rings. The molecule has 2 heterocycles. The third-order valence-corrected chi connectivity index (χ3v) is 6.12. The Hall–Kier alpha value is -2.22. The first-order valence-electron chi connectivity index (χ1n) is 9.23. The Bertz CT molecular complexity index is 997. The molecule has 2 unspecified atom stereocenters. The molecule has 1 saturated heterocycles. The van der Waals surface area contributed by atoms with Gasteiger partial charge in [-0.15, -0.1) is 0 Å². The van der Waals surface area contributed by atoms with Crippen LogP contribution in [0.1, 0.15) is 29.0 Å². The Morgan fingerprint density at radius 1 is 1.39 bits per heavy atom. The number of nitrogens with zero attached hydrogens (tertiary/aromatic N) is 2. The van der Waals surface area contributed by atoms with Gasteiger partial charge >= 0.3 is 0 Å². The quantitative estimate of drug-likeness (QED) is 0.849. The van der Waals surface area contributed by atoms with Crippen molar-refractivity contribution < 1.29 is 18.7 Å². The van der Waals surface area contributed by atoms with Crippen molar-refractivity contribution in [2.24, 2.45) is 18.9 Å². The summed E-state index contributed by atoms with van der Waals surface area (Å²) in [6.45, 7) is 1.26. The standard InChI is InChI=1S/C20H19ClFN3O3/c1-25-10-23-17(11-6-12-9-20(14(12)7-11)27-4-5-28-20)18(25)19(26)24-13-2-3-16(22)15(21)8-13/h2-3,7-8,10,12,14H,4-6,9H2,1H3,(H,24,26). The average Bonchev–Trinajstić information content (AvgIpc) is 3.35. The molecule has 1 aliphatic heterocycles. The predicted molar refractivity (Wildman–Crippen MR) is 101 cm³/mol. The summed E-state index contributed by atoms with van der Waals surface area (Å²) in [7, 11) is 1.78. The first kappa shape index (κ1) is 17.8. The van der Waals surface area contributed by atoms with Crippen molar-refractivity contribution in [3.63, 3.8) is 0 Å². The number of anilines is 1. The average molecular weight is 404 g/mol. The number of rotatable bonds is 3. The first-order valence-corrected chi connectivity index (χ1v) is 9.61. The fraction of sp³-hybridized carbons (Fsp3) is 0.400. The number of benzene rings is 1. The van der Waals surface area contributed by atoms with Gasteiger partial charge in [-0.2, -0.15) is 0 Å². The molecule has 2 aromatic rings. The van der Waals surface area contributed by atoms with Gasteiger partial charge in [0, 0.05) is 25.1 Å². The van der Waals surface area contributed by atoms with Crippen molar-refractivity contribution in [3.05, 3.63) is 52.8 Å². The number of halogens is 2. The number of nitrogens with one attached hydrogen (secondary N) is 1. The van der Waals surface area contributed by atoms with Crippen molar-refractivity contribution in [3.8, 4) is 0 Å². The van der Waals surface area contributed by atoms with Gasteiger partial charge in [0.2, 0.25) is 0 Å². The van der Waals surface area contributed by atoms with Gasteiger partial charge in [0.05, 0.1) is 30.3 Å².